The van der Waals surface area contributed by atoms with Gasteiger partial charge in [-0.3, -0.25) is 14.5 Å². The molecule has 152 valence electrons. The van der Waals surface area contributed by atoms with E-state index in [1.807, 2.05) is 18.1 Å². The van der Waals surface area contributed by atoms with Crippen molar-refractivity contribution in [2.24, 2.45) is 12.0 Å². The number of nitrogens with one attached hydrogen (secondary N) is 1. The van der Waals surface area contributed by atoms with Crippen LogP contribution in [0.2, 0.25) is 0 Å². The first-order valence-corrected chi connectivity index (χ1v) is 8.59. The third kappa shape index (κ3) is 4.91. The van der Waals surface area contributed by atoms with Gasteiger partial charge in [0.1, 0.15) is 6.54 Å². The molecule has 8 nitrogen and oxygen atoms in total. The monoisotopic (exact) mass is 502 g/mol. The van der Waals surface area contributed by atoms with E-state index in [0.717, 1.165) is 11.3 Å². The van der Waals surface area contributed by atoms with Crippen molar-refractivity contribution in [2.75, 3.05) is 38.7 Å². The molecule has 1 saturated heterocycles. The van der Waals surface area contributed by atoms with Crippen LogP contribution in [0.1, 0.15) is 5.56 Å². The van der Waals surface area contributed by atoms with Crippen LogP contribution in [0.25, 0.3) is 0 Å². The van der Waals surface area contributed by atoms with E-state index in [2.05, 4.69) is 15.4 Å². The normalized spacial score (nSPS) is 14.7. The maximum atomic E-state index is 13.8. The number of rotatable bonds is 4. The van der Waals surface area contributed by atoms with Gasteiger partial charge < -0.3 is 19.9 Å². The van der Waals surface area contributed by atoms with Gasteiger partial charge in [-0.05, 0) is 17.7 Å². The maximum Gasteiger partial charge on any atom is 0.246 e. The Hall–Kier alpha value is -2.37. The fourth-order valence-corrected chi connectivity index (χ4v) is 3.01. The average molecular weight is 502 g/mol. The predicted octanol–water partition coefficient (Wildman–Crippen LogP) is 1.61. The van der Waals surface area contributed by atoms with Crippen molar-refractivity contribution in [1.29, 1.82) is 0 Å². The van der Waals surface area contributed by atoms with Crippen molar-refractivity contribution in [3.8, 4) is 5.75 Å². The fourth-order valence-electron chi connectivity index (χ4n) is 3.01. The quantitative estimate of drug-likeness (QED) is 0.391. The fraction of sp³-hybridized carbons (Fsp3) is 0.389. The molecule has 10 heteroatoms. The van der Waals surface area contributed by atoms with Crippen LogP contribution in [0.5, 0.6) is 5.75 Å². The molecule has 0 bridgehead atoms. The number of piperazine rings is 1. The van der Waals surface area contributed by atoms with Gasteiger partial charge in [0, 0.05) is 39.9 Å². The molecule has 1 amide bonds. The van der Waals surface area contributed by atoms with Crippen LogP contribution in [0.15, 0.2) is 35.6 Å². The van der Waals surface area contributed by atoms with E-state index in [0.29, 0.717) is 25.6 Å². The van der Waals surface area contributed by atoms with Gasteiger partial charge >= 0.3 is 0 Å². The number of carbonyl (C=O) groups is 1. The van der Waals surface area contributed by atoms with Crippen LogP contribution in [-0.2, 0) is 18.4 Å². The lowest BCUT2D eigenvalue weighted by Gasteiger charge is -2.35. The summed E-state index contributed by atoms with van der Waals surface area (Å²) in [5.41, 5.74) is 1.55. The Bertz CT molecular complexity index is 856. The van der Waals surface area contributed by atoms with E-state index < -0.39 is 5.82 Å². The van der Waals surface area contributed by atoms with Crippen molar-refractivity contribution in [1.82, 2.24) is 20.0 Å². The first-order valence-electron chi connectivity index (χ1n) is 8.59. The van der Waals surface area contributed by atoms with Crippen LogP contribution in [0, 0.1) is 5.82 Å². The second kappa shape index (κ2) is 9.71. The lowest BCUT2D eigenvalue weighted by Crippen LogP contribution is -2.55. The molecule has 3 rings (SSSR count). The minimum Gasteiger partial charge on any atom is -0.494 e. The summed E-state index contributed by atoms with van der Waals surface area (Å²) in [6, 6.07) is 4.80. The molecule has 1 aliphatic heterocycles. The Morgan fingerprint density at radius 1 is 1.39 bits per heavy atom. The van der Waals surface area contributed by atoms with Crippen LogP contribution < -0.4 is 15.0 Å². The molecule has 1 aliphatic rings. The van der Waals surface area contributed by atoms with E-state index >= 15 is 0 Å². The van der Waals surface area contributed by atoms with Gasteiger partial charge in [0.05, 0.1) is 19.0 Å². The van der Waals surface area contributed by atoms with Crippen molar-refractivity contribution in [3.63, 3.8) is 0 Å². The summed E-state index contributed by atoms with van der Waals surface area (Å²) in [5.74, 6) is 0.380. The number of hydrogen-bond acceptors (Lipinski definition) is 4. The van der Waals surface area contributed by atoms with Crippen LogP contribution in [-0.4, -0.2) is 60.3 Å². The average Bonchev–Trinajstić information content (AvgIpc) is 3.08. The standard InChI is InChI=1S/C18H23FN6O2.HI/c1-20-18(21-9-13-4-5-16(27-3)15(19)8-13)24-6-7-25(17(26)12-24)14-10-22-23(2)11-14;/h4-5,8,10-11H,6-7,9,12H2,1-3H3,(H,20,21);1H. The second-order valence-corrected chi connectivity index (χ2v) is 6.21. The number of aryl methyl sites for hydroxylation is 1. The number of aliphatic imine (C=N–C) groups is 1. The lowest BCUT2D eigenvalue weighted by molar-refractivity contribution is -0.120. The van der Waals surface area contributed by atoms with Crippen molar-refractivity contribution in [2.45, 2.75) is 6.54 Å². The first-order chi connectivity index (χ1) is 13.0. The number of methoxy groups -OCH3 is 1. The van der Waals surface area contributed by atoms with Gasteiger partial charge in [-0.15, -0.1) is 24.0 Å². The number of benzene rings is 1. The van der Waals surface area contributed by atoms with E-state index in [1.54, 1.807) is 35.0 Å². The van der Waals surface area contributed by atoms with E-state index in [9.17, 15) is 9.18 Å². The molecule has 2 aromatic rings. The number of hydrogen-bond donors (Lipinski definition) is 1. The van der Waals surface area contributed by atoms with Gasteiger partial charge in [0.15, 0.2) is 17.5 Å². The highest BCUT2D eigenvalue weighted by Crippen LogP contribution is 2.18. The van der Waals surface area contributed by atoms with Crippen LogP contribution in [0.3, 0.4) is 0 Å². The highest BCUT2D eigenvalue weighted by atomic mass is 127. The molecule has 2 heterocycles. The third-order valence-corrected chi connectivity index (χ3v) is 4.40. The third-order valence-electron chi connectivity index (χ3n) is 4.40. The van der Waals surface area contributed by atoms with Gasteiger partial charge in [-0.1, -0.05) is 6.07 Å². The summed E-state index contributed by atoms with van der Waals surface area (Å²) in [7, 11) is 4.91. The molecule has 1 aromatic heterocycles. The number of nitrogens with zero attached hydrogens (tertiary/aromatic N) is 5. The molecular weight excluding hydrogens is 478 g/mol. The zero-order valence-corrected chi connectivity index (χ0v) is 18.4. The zero-order chi connectivity index (χ0) is 19.4. The SMILES string of the molecule is CN=C(NCc1ccc(OC)c(F)c1)N1CCN(c2cnn(C)c2)C(=O)C1.I. The lowest BCUT2D eigenvalue weighted by atomic mass is 10.2. The zero-order valence-electron chi connectivity index (χ0n) is 16.1. The highest BCUT2D eigenvalue weighted by molar-refractivity contribution is 14.0. The maximum absolute atomic E-state index is 13.8. The van der Waals surface area contributed by atoms with Crippen molar-refractivity contribution >= 4 is 41.5 Å². The molecule has 0 spiro atoms. The molecule has 0 unspecified atom stereocenters. The smallest absolute Gasteiger partial charge is 0.246 e. The largest absolute Gasteiger partial charge is 0.494 e. The number of anilines is 1. The van der Waals surface area contributed by atoms with Gasteiger partial charge in [0.2, 0.25) is 5.91 Å². The van der Waals surface area contributed by atoms with E-state index in [4.69, 9.17) is 4.74 Å². The molecule has 0 saturated carbocycles. The summed E-state index contributed by atoms with van der Waals surface area (Å²) in [6.45, 7) is 1.79. The molecule has 1 aromatic carbocycles. The van der Waals surface area contributed by atoms with Gasteiger partial charge in [0.25, 0.3) is 0 Å². The van der Waals surface area contributed by atoms with Crippen molar-refractivity contribution in [3.05, 3.63) is 42.0 Å². The second-order valence-electron chi connectivity index (χ2n) is 6.21. The van der Waals surface area contributed by atoms with Crippen LogP contribution in [0.4, 0.5) is 10.1 Å². The minimum atomic E-state index is -0.410. The topological polar surface area (TPSA) is 75.0 Å². The predicted molar refractivity (Wildman–Crippen MR) is 116 cm³/mol. The Balaban J connectivity index is 0.00000280. The van der Waals surface area contributed by atoms with Gasteiger partial charge in [-0.25, -0.2) is 4.39 Å². The number of halogens is 2. The Morgan fingerprint density at radius 2 is 2.18 bits per heavy atom. The molecule has 0 aliphatic carbocycles. The molecule has 0 radical (unpaired) electrons. The summed E-state index contributed by atoms with van der Waals surface area (Å²) in [6.07, 6.45) is 3.50. The molecule has 1 N–H and O–H groups in total. The summed E-state index contributed by atoms with van der Waals surface area (Å²) >= 11 is 0. The highest BCUT2D eigenvalue weighted by Gasteiger charge is 2.27. The number of carbonyl (C=O) groups excluding carboxylic acids is 1. The Morgan fingerprint density at radius 3 is 2.75 bits per heavy atom. The Kier molecular flexibility index (Phi) is 7.61. The molecule has 1 fully saturated rings. The summed E-state index contributed by atoms with van der Waals surface area (Å²) in [5, 5.41) is 7.29. The summed E-state index contributed by atoms with van der Waals surface area (Å²) < 4.78 is 20.4. The van der Waals surface area contributed by atoms with Crippen molar-refractivity contribution < 1.29 is 13.9 Å². The molecule has 28 heavy (non-hydrogen) atoms. The molecule has 0 atom stereocenters. The van der Waals surface area contributed by atoms with Gasteiger partial charge in [-0.2, -0.15) is 5.10 Å². The Labute approximate surface area is 180 Å². The van der Waals surface area contributed by atoms with E-state index in [1.165, 1.54) is 13.2 Å². The number of guanidine groups is 1. The van der Waals surface area contributed by atoms with Crippen LogP contribution >= 0.6 is 24.0 Å². The number of ether oxygens (including phenoxy) is 1. The number of aromatic nitrogens is 2. The first kappa shape index (κ1) is 21.9. The minimum absolute atomic E-state index is 0. The molecular formula is C18H24FIN6O2. The van der Waals surface area contributed by atoms with E-state index in [-0.39, 0.29) is 42.2 Å². The number of amides is 1. The summed E-state index contributed by atoms with van der Waals surface area (Å²) in [4.78, 5) is 20.4.